The van der Waals surface area contributed by atoms with Crippen LogP contribution >= 0.6 is 0 Å². The molecule has 2 atom stereocenters. The van der Waals surface area contributed by atoms with E-state index in [-0.39, 0.29) is 18.6 Å². The van der Waals surface area contributed by atoms with E-state index < -0.39 is 5.54 Å². The van der Waals surface area contributed by atoms with Gasteiger partial charge in [0.25, 0.3) is 0 Å². The summed E-state index contributed by atoms with van der Waals surface area (Å²) in [5, 5.41) is 11.6. The molecule has 0 heterocycles. The highest BCUT2D eigenvalue weighted by Crippen LogP contribution is 2.09. The number of carbonyl (C=O) groups is 1. The molecule has 0 rings (SSSR count). The Morgan fingerprint density at radius 1 is 1.57 bits per heavy atom. The van der Waals surface area contributed by atoms with Crippen LogP contribution in [0.25, 0.3) is 0 Å². The van der Waals surface area contributed by atoms with Crippen molar-refractivity contribution >= 4 is 5.91 Å². The van der Waals surface area contributed by atoms with Crippen LogP contribution in [-0.2, 0) is 4.79 Å². The average molecular weight is 202 g/mol. The van der Waals surface area contributed by atoms with Crippen molar-refractivity contribution in [2.75, 3.05) is 6.61 Å². The van der Waals surface area contributed by atoms with Gasteiger partial charge in [0.05, 0.1) is 18.2 Å². The first-order valence-corrected chi connectivity index (χ1v) is 5.18. The normalized spacial score (nSPS) is 17.2. The fourth-order valence-electron chi connectivity index (χ4n) is 1.26. The molecular formula is C10H22N2O2. The molecule has 1 amide bonds. The van der Waals surface area contributed by atoms with E-state index in [0.29, 0.717) is 12.8 Å². The van der Waals surface area contributed by atoms with Gasteiger partial charge in [0.2, 0.25) is 5.91 Å². The predicted molar refractivity (Wildman–Crippen MR) is 56.8 cm³/mol. The molecule has 0 fully saturated rings. The lowest BCUT2D eigenvalue weighted by Crippen LogP contribution is -2.54. The molecule has 0 aliphatic rings. The summed E-state index contributed by atoms with van der Waals surface area (Å²) in [6.45, 7) is 5.58. The molecule has 0 aromatic rings. The summed E-state index contributed by atoms with van der Waals surface area (Å²) in [5.41, 5.74) is 5.01. The average Bonchev–Trinajstić information content (AvgIpc) is 2.13. The molecule has 0 aliphatic carbocycles. The van der Waals surface area contributed by atoms with Gasteiger partial charge in [0.15, 0.2) is 0 Å². The summed E-state index contributed by atoms with van der Waals surface area (Å²) in [6.07, 6.45) is 2.24. The number of rotatable bonds is 6. The van der Waals surface area contributed by atoms with Crippen molar-refractivity contribution in [2.45, 2.75) is 51.6 Å². The van der Waals surface area contributed by atoms with Gasteiger partial charge in [-0.05, 0) is 19.8 Å². The quantitative estimate of drug-likeness (QED) is 0.583. The molecule has 2 unspecified atom stereocenters. The van der Waals surface area contributed by atoms with E-state index in [1.54, 1.807) is 6.92 Å². The molecule has 4 nitrogen and oxygen atoms in total. The maximum atomic E-state index is 11.6. The number of hydrogen-bond donors (Lipinski definition) is 3. The van der Waals surface area contributed by atoms with Crippen LogP contribution in [0.5, 0.6) is 0 Å². The topological polar surface area (TPSA) is 75.4 Å². The molecular weight excluding hydrogens is 180 g/mol. The van der Waals surface area contributed by atoms with Crippen molar-refractivity contribution in [2.24, 2.45) is 5.73 Å². The molecule has 0 bridgehead atoms. The molecule has 4 heteroatoms. The molecule has 0 saturated heterocycles. The fraction of sp³-hybridized carbons (Fsp3) is 0.900. The minimum absolute atomic E-state index is 0.0373. The first-order chi connectivity index (χ1) is 6.47. The third-order valence-corrected chi connectivity index (χ3v) is 2.34. The minimum Gasteiger partial charge on any atom is -0.394 e. The third-order valence-electron chi connectivity index (χ3n) is 2.34. The van der Waals surface area contributed by atoms with Gasteiger partial charge in [0, 0.05) is 0 Å². The maximum absolute atomic E-state index is 11.6. The van der Waals surface area contributed by atoms with E-state index in [2.05, 4.69) is 5.32 Å². The lowest BCUT2D eigenvalue weighted by molar-refractivity contribution is -0.127. The summed E-state index contributed by atoms with van der Waals surface area (Å²) >= 11 is 0. The van der Waals surface area contributed by atoms with Gasteiger partial charge in [-0.3, -0.25) is 4.79 Å². The van der Waals surface area contributed by atoms with Crippen molar-refractivity contribution in [3.63, 3.8) is 0 Å². The Morgan fingerprint density at radius 3 is 2.50 bits per heavy atom. The smallest absolute Gasteiger partial charge is 0.240 e. The van der Waals surface area contributed by atoms with Crippen LogP contribution in [0, 0.1) is 0 Å². The number of aliphatic hydroxyl groups is 1. The number of nitrogens with two attached hydrogens (primary N) is 1. The van der Waals surface area contributed by atoms with Crippen molar-refractivity contribution in [1.82, 2.24) is 5.32 Å². The van der Waals surface area contributed by atoms with E-state index in [1.807, 2.05) is 13.8 Å². The van der Waals surface area contributed by atoms with Crippen LogP contribution in [0.2, 0.25) is 0 Å². The number of amides is 1. The van der Waals surface area contributed by atoms with Gasteiger partial charge in [-0.25, -0.2) is 0 Å². The van der Waals surface area contributed by atoms with Crippen LogP contribution in [0.4, 0.5) is 0 Å². The molecule has 14 heavy (non-hydrogen) atoms. The Hall–Kier alpha value is -0.610. The Labute approximate surface area is 85.9 Å². The Kier molecular flexibility index (Phi) is 5.72. The van der Waals surface area contributed by atoms with E-state index in [0.717, 1.165) is 6.42 Å². The van der Waals surface area contributed by atoms with Crippen LogP contribution in [0.1, 0.15) is 40.0 Å². The molecule has 0 aromatic carbocycles. The number of carbonyl (C=O) groups excluding carboxylic acids is 1. The number of aliphatic hydroxyl groups excluding tert-OH is 1. The number of hydrogen-bond acceptors (Lipinski definition) is 3. The van der Waals surface area contributed by atoms with Crippen molar-refractivity contribution in [3.8, 4) is 0 Å². The highest BCUT2D eigenvalue weighted by molar-refractivity contribution is 5.85. The molecule has 84 valence electrons. The second-order valence-electron chi connectivity index (χ2n) is 3.93. The first-order valence-electron chi connectivity index (χ1n) is 5.18. The van der Waals surface area contributed by atoms with Crippen molar-refractivity contribution in [1.29, 1.82) is 0 Å². The van der Waals surface area contributed by atoms with Crippen molar-refractivity contribution in [3.05, 3.63) is 0 Å². The lowest BCUT2D eigenvalue weighted by atomic mass is 9.96. The van der Waals surface area contributed by atoms with Gasteiger partial charge in [-0.1, -0.05) is 20.3 Å². The first kappa shape index (κ1) is 13.4. The molecule has 0 aromatic heterocycles. The van der Waals surface area contributed by atoms with E-state index in [4.69, 9.17) is 10.8 Å². The largest absolute Gasteiger partial charge is 0.394 e. The summed E-state index contributed by atoms with van der Waals surface area (Å²) in [6, 6.07) is -0.178. The van der Waals surface area contributed by atoms with Gasteiger partial charge < -0.3 is 16.2 Å². The summed E-state index contributed by atoms with van der Waals surface area (Å²) in [7, 11) is 0. The van der Waals surface area contributed by atoms with E-state index >= 15 is 0 Å². The monoisotopic (exact) mass is 202 g/mol. The maximum Gasteiger partial charge on any atom is 0.240 e. The SMILES string of the molecule is CCCC(C)(N)C(=O)NC(CC)CO. The standard InChI is InChI=1S/C10H22N2O2/c1-4-6-10(3,11)9(14)12-8(5-2)7-13/h8,13H,4-7,11H2,1-3H3,(H,12,14). The van der Waals surface area contributed by atoms with E-state index in [9.17, 15) is 4.79 Å². The van der Waals surface area contributed by atoms with Crippen molar-refractivity contribution < 1.29 is 9.90 Å². The summed E-state index contributed by atoms with van der Waals surface area (Å²) in [4.78, 5) is 11.6. The number of nitrogens with one attached hydrogen (secondary N) is 1. The van der Waals surface area contributed by atoms with Gasteiger partial charge >= 0.3 is 0 Å². The zero-order valence-corrected chi connectivity index (χ0v) is 9.34. The second-order valence-corrected chi connectivity index (χ2v) is 3.93. The van der Waals surface area contributed by atoms with Crippen LogP contribution in [0.3, 0.4) is 0 Å². The minimum atomic E-state index is -0.822. The third kappa shape index (κ3) is 4.07. The van der Waals surface area contributed by atoms with Crippen LogP contribution in [0.15, 0.2) is 0 Å². The Bertz CT molecular complexity index is 177. The predicted octanol–water partition coefficient (Wildman–Crippen LogP) is 0.391. The fourth-order valence-corrected chi connectivity index (χ4v) is 1.26. The molecule has 0 aliphatic heterocycles. The lowest BCUT2D eigenvalue weighted by Gasteiger charge is -2.25. The zero-order chi connectivity index (χ0) is 11.2. The zero-order valence-electron chi connectivity index (χ0n) is 9.34. The van der Waals surface area contributed by atoms with Crippen LogP contribution in [-0.4, -0.2) is 29.2 Å². The molecule has 0 saturated carbocycles. The highest BCUT2D eigenvalue weighted by Gasteiger charge is 2.28. The van der Waals surface area contributed by atoms with E-state index in [1.165, 1.54) is 0 Å². The highest BCUT2D eigenvalue weighted by atomic mass is 16.3. The van der Waals surface area contributed by atoms with Gasteiger partial charge in [-0.2, -0.15) is 0 Å². The van der Waals surface area contributed by atoms with Gasteiger partial charge in [0.1, 0.15) is 0 Å². The summed E-state index contributed by atoms with van der Waals surface area (Å²) < 4.78 is 0. The summed E-state index contributed by atoms with van der Waals surface area (Å²) in [5.74, 6) is -0.180. The second kappa shape index (κ2) is 5.98. The van der Waals surface area contributed by atoms with Gasteiger partial charge in [-0.15, -0.1) is 0 Å². The molecule has 0 spiro atoms. The molecule has 0 radical (unpaired) electrons. The molecule has 4 N–H and O–H groups in total. The van der Waals surface area contributed by atoms with Crippen LogP contribution < -0.4 is 11.1 Å². The Balaban J connectivity index is 4.17. The Morgan fingerprint density at radius 2 is 2.14 bits per heavy atom.